The Kier molecular flexibility index (Phi) is 4.92. The minimum Gasteiger partial charge on any atom is -0.478 e. The first-order valence-electron chi connectivity index (χ1n) is 6.66. The van der Waals surface area contributed by atoms with Crippen LogP contribution >= 0.6 is 0 Å². The number of nitrogens with one attached hydrogen (secondary N) is 1. The molecule has 1 saturated heterocycles. The number of nitrogens with zero attached hydrogens (tertiary/aromatic N) is 1. The van der Waals surface area contributed by atoms with Gasteiger partial charge >= 0.3 is 5.97 Å². The molecule has 0 radical (unpaired) electrons. The number of morpholine rings is 1. The Labute approximate surface area is 117 Å². The average Bonchev–Trinajstić information content (AvgIpc) is 2.39. The standard InChI is InChI=1S/C14H19FN2O3/c1-10(9-17-4-6-20-7-5-17)16-11-2-3-12(14(18)19)13(15)8-11/h2-3,8,10,16H,4-7,9H2,1H3,(H,18,19). The Morgan fingerprint density at radius 2 is 2.20 bits per heavy atom. The van der Waals surface area contributed by atoms with E-state index in [9.17, 15) is 9.18 Å². The predicted octanol–water partition coefficient (Wildman–Crippen LogP) is 1.66. The van der Waals surface area contributed by atoms with Crippen LogP contribution in [0.4, 0.5) is 10.1 Å². The molecule has 1 aromatic rings. The number of hydrogen-bond acceptors (Lipinski definition) is 4. The van der Waals surface area contributed by atoms with Crippen LogP contribution in [0.25, 0.3) is 0 Å². The fourth-order valence-corrected chi connectivity index (χ4v) is 2.28. The van der Waals surface area contributed by atoms with Crippen molar-refractivity contribution in [2.45, 2.75) is 13.0 Å². The molecule has 2 N–H and O–H groups in total. The molecule has 1 aliphatic heterocycles. The smallest absolute Gasteiger partial charge is 0.338 e. The zero-order chi connectivity index (χ0) is 14.5. The van der Waals surface area contributed by atoms with Crippen molar-refractivity contribution in [3.8, 4) is 0 Å². The van der Waals surface area contributed by atoms with Crippen molar-refractivity contribution < 1.29 is 19.0 Å². The van der Waals surface area contributed by atoms with Crippen LogP contribution < -0.4 is 5.32 Å². The van der Waals surface area contributed by atoms with Crippen molar-refractivity contribution in [1.29, 1.82) is 0 Å². The molecule has 1 unspecified atom stereocenters. The van der Waals surface area contributed by atoms with Crippen molar-refractivity contribution >= 4 is 11.7 Å². The topological polar surface area (TPSA) is 61.8 Å². The monoisotopic (exact) mass is 282 g/mol. The van der Waals surface area contributed by atoms with Crippen molar-refractivity contribution in [2.75, 3.05) is 38.2 Å². The van der Waals surface area contributed by atoms with Gasteiger partial charge in [-0.1, -0.05) is 0 Å². The molecule has 20 heavy (non-hydrogen) atoms. The summed E-state index contributed by atoms with van der Waals surface area (Å²) in [7, 11) is 0. The second-order valence-corrected chi connectivity index (χ2v) is 4.96. The van der Waals surface area contributed by atoms with E-state index in [4.69, 9.17) is 9.84 Å². The highest BCUT2D eigenvalue weighted by Crippen LogP contribution is 2.16. The number of benzene rings is 1. The van der Waals surface area contributed by atoms with Crippen molar-refractivity contribution in [3.05, 3.63) is 29.6 Å². The van der Waals surface area contributed by atoms with E-state index in [1.54, 1.807) is 6.07 Å². The van der Waals surface area contributed by atoms with E-state index in [1.807, 2.05) is 6.92 Å². The Morgan fingerprint density at radius 1 is 1.50 bits per heavy atom. The van der Waals surface area contributed by atoms with Crippen molar-refractivity contribution in [3.63, 3.8) is 0 Å². The lowest BCUT2D eigenvalue weighted by Gasteiger charge is -2.29. The van der Waals surface area contributed by atoms with E-state index in [-0.39, 0.29) is 11.6 Å². The Balaban J connectivity index is 1.92. The third-order valence-electron chi connectivity index (χ3n) is 3.25. The minimum atomic E-state index is -1.25. The molecule has 1 fully saturated rings. The van der Waals surface area contributed by atoms with Crippen molar-refractivity contribution in [2.24, 2.45) is 0 Å². The number of ether oxygens (including phenoxy) is 1. The Hall–Kier alpha value is -1.66. The Morgan fingerprint density at radius 3 is 2.80 bits per heavy atom. The van der Waals surface area contributed by atoms with E-state index in [1.165, 1.54) is 12.1 Å². The van der Waals surface area contributed by atoms with Crippen LogP contribution in [0.5, 0.6) is 0 Å². The van der Waals surface area contributed by atoms with Gasteiger partial charge in [0.05, 0.1) is 18.8 Å². The van der Waals surface area contributed by atoms with Crippen LogP contribution in [0.15, 0.2) is 18.2 Å². The second kappa shape index (κ2) is 6.67. The molecule has 110 valence electrons. The molecule has 2 rings (SSSR count). The minimum absolute atomic E-state index is 0.142. The van der Waals surface area contributed by atoms with Gasteiger partial charge in [0.1, 0.15) is 5.82 Å². The van der Waals surface area contributed by atoms with Gasteiger partial charge in [0.2, 0.25) is 0 Å². The van der Waals surface area contributed by atoms with Gasteiger partial charge in [-0.25, -0.2) is 9.18 Å². The third-order valence-corrected chi connectivity index (χ3v) is 3.25. The zero-order valence-electron chi connectivity index (χ0n) is 11.4. The van der Waals surface area contributed by atoms with E-state index in [0.29, 0.717) is 5.69 Å². The van der Waals surface area contributed by atoms with Gasteiger partial charge in [-0.15, -0.1) is 0 Å². The quantitative estimate of drug-likeness (QED) is 0.860. The van der Waals surface area contributed by atoms with Crippen LogP contribution in [0.1, 0.15) is 17.3 Å². The van der Waals surface area contributed by atoms with Crippen LogP contribution in [0.3, 0.4) is 0 Å². The number of halogens is 1. The molecule has 0 aromatic heterocycles. The molecule has 1 aromatic carbocycles. The first-order chi connectivity index (χ1) is 9.56. The summed E-state index contributed by atoms with van der Waals surface area (Å²) in [5.41, 5.74) is 0.282. The summed E-state index contributed by atoms with van der Waals surface area (Å²) >= 11 is 0. The lowest BCUT2D eigenvalue weighted by atomic mass is 10.2. The molecule has 1 atom stereocenters. The molecule has 0 saturated carbocycles. The highest BCUT2D eigenvalue weighted by molar-refractivity contribution is 5.88. The largest absolute Gasteiger partial charge is 0.478 e. The summed E-state index contributed by atoms with van der Waals surface area (Å²) in [6.07, 6.45) is 0. The number of anilines is 1. The molecule has 0 aliphatic carbocycles. The third kappa shape index (κ3) is 3.91. The highest BCUT2D eigenvalue weighted by atomic mass is 19.1. The van der Waals surface area contributed by atoms with Gasteiger partial charge in [-0.3, -0.25) is 4.90 Å². The second-order valence-electron chi connectivity index (χ2n) is 4.96. The fourth-order valence-electron chi connectivity index (χ4n) is 2.28. The lowest BCUT2D eigenvalue weighted by Crippen LogP contribution is -2.42. The van der Waals surface area contributed by atoms with E-state index >= 15 is 0 Å². The van der Waals surface area contributed by atoms with Gasteiger partial charge in [0.25, 0.3) is 0 Å². The maximum absolute atomic E-state index is 13.6. The summed E-state index contributed by atoms with van der Waals surface area (Å²) in [5.74, 6) is -1.98. The zero-order valence-corrected chi connectivity index (χ0v) is 11.4. The van der Waals surface area contributed by atoms with Gasteiger partial charge < -0.3 is 15.2 Å². The van der Waals surface area contributed by atoms with Crippen LogP contribution in [0.2, 0.25) is 0 Å². The Bertz CT molecular complexity index is 475. The summed E-state index contributed by atoms with van der Waals surface area (Å²) < 4.78 is 18.8. The van der Waals surface area contributed by atoms with Crippen LogP contribution in [-0.4, -0.2) is 54.9 Å². The number of carboxylic acid groups (broad SMARTS) is 1. The number of hydrogen-bond donors (Lipinski definition) is 2. The van der Waals surface area contributed by atoms with Crippen molar-refractivity contribution in [1.82, 2.24) is 4.90 Å². The number of aromatic carboxylic acids is 1. The average molecular weight is 282 g/mol. The first-order valence-corrected chi connectivity index (χ1v) is 6.66. The molecule has 6 heteroatoms. The van der Waals surface area contributed by atoms with E-state index in [0.717, 1.165) is 32.8 Å². The number of carbonyl (C=O) groups is 1. The fraction of sp³-hybridized carbons (Fsp3) is 0.500. The van der Waals surface area contributed by atoms with Gasteiger partial charge in [0, 0.05) is 31.4 Å². The molecule has 5 nitrogen and oxygen atoms in total. The molecule has 0 bridgehead atoms. The molecule has 0 spiro atoms. The summed E-state index contributed by atoms with van der Waals surface area (Å²) in [6.45, 7) is 6.14. The lowest BCUT2D eigenvalue weighted by molar-refractivity contribution is 0.0368. The van der Waals surface area contributed by atoms with Gasteiger partial charge in [-0.05, 0) is 25.1 Å². The number of rotatable bonds is 5. The first kappa shape index (κ1) is 14.7. The summed E-state index contributed by atoms with van der Waals surface area (Å²) in [4.78, 5) is 13.0. The highest BCUT2D eigenvalue weighted by Gasteiger charge is 2.15. The molecule has 0 amide bonds. The molecule has 1 heterocycles. The predicted molar refractivity (Wildman–Crippen MR) is 73.7 cm³/mol. The van der Waals surface area contributed by atoms with Gasteiger partial charge in [0.15, 0.2) is 0 Å². The maximum atomic E-state index is 13.6. The summed E-state index contributed by atoms with van der Waals surface area (Å²) in [6, 6.07) is 4.23. The normalized spacial score (nSPS) is 17.7. The van der Waals surface area contributed by atoms with E-state index < -0.39 is 11.8 Å². The maximum Gasteiger partial charge on any atom is 0.338 e. The molecule has 1 aliphatic rings. The summed E-state index contributed by atoms with van der Waals surface area (Å²) in [5, 5.41) is 12.0. The van der Waals surface area contributed by atoms with Crippen LogP contribution in [-0.2, 0) is 4.74 Å². The molecular formula is C14H19FN2O3. The SMILES string of the molecule is CC(CN1CCOCC1)Nc1ccc(C(=O)O)c(F)c1. The van der Waals surface area contributed by atoms with E-state index in [2.05, 4.69) is 10.2 Å². The van der Waals surface area contributed by atoms with Crippen LogP contribution in [0, 0.1) is 5.82 Å². The number of carboxylic acids is 1. The molecular weight excluding hydrogens is 263 g/mol. The van der Waals surface area contributed by atoms with Gasteiger partial charge in [-0.2, -0.15) is 0 Å².